The van der Waals surface area contributed by atoms with E-state index in [0.717, 1.165) is 38.8 Å². The third-order valence-corrected chi connectivity index (χ3v) is 4.53. The van der Waals surface area contributed by atoms with Crippen LogP contribution in [0.4, 0.5) is 0 Å². The average molecular weight is 372 g/mol. The number of carbonyl (C=O) groups excluding carboxylic acids is 1. The van der Waals surface area contributed by atoms with Crippen molar-refractivity contribution in [2.75, 3.05) is 0 Å². The third kappa shape index (κ3) is 3.74. The Balaban J connectivity index is 1.40. The van der Waals surface area contributed by atoms with Crippen molar-refractivity contribution in [3.8, 4) is 0 Å². The third-order valence-electron chi connectivity index (χ3n) is 4.53. The van der Waals surface area contributed by atoms with Gasteiger partial charge in [-0.05, 0) is 42.7 Å². The van der Waals surface area contributed by atoms with E-state index in [9.17, 15) is 4.79 Å². The van der Waals surface area contributed by atoms with Gasteiger partial charge in [-0.2, -0.15) is 5.10 Å². The number of nitrogens with two attached hydrogens (primary N) is 1. The summed E-state index contributed by atoms with van der Waals surface area (Å²) in [5.41, 5.74) is 13.9. The van der Waals surface area contributed by atoms with E-state index in [4.69, 9.17) is 5.73 Å². The molecule has 1 amide bonds. The van der Waals surface area contributed by atoms with Gasteiger partial charge in [0, 0.05) is 23.3 Å². The second-order valence-corrected chi connectivity index (χ2v) is 6.66. The number of rotatable bonds is 5. The molecule has 0 aliphatic heterocycles. The van der Waals surface area contributed by atoms with E-state index in [-0.39, 0.29) is 5.91 Å². The summed E-state index contributed by atoms with van der Waals surface area (Å²) < 4.78 is 0. The molecule has 7 nitrogen and oxygen atoms in total. The smallest absolute Gasteiger partial charge is 0.257 e. The van der Waals surface area contributed by atoms with Crippen molar-refractivity contribution in [1.29, 1.82) is 0 Å². The Morgan fingerprint density at radius 2 is 2.14 bits per heavy atom. The van der Waals surface area contributed by atoms with Crippen LogP contribution in [0.2, 0.25) is 0 Å². The Morgan fingerprint density at radius 3 is 3.04 bits per heavy atom. The molecular formula is C21H20N6O. The van der Waals surface area contributed by atoms with E-state index in [2.05, 4.69) is 25.5 Å². The van der Waals surface area contributed by atoms with Crippen LogP contribution in [-0.4, -0.2) is 33.1 Å². The monoisotopic (exact) mass is 372 g/mol. The van der Waals surface area contributed by atoms with Crippen molar-refractivity contribution in [3.63, 3.8) is 0 Å². The van der Waals surface area contributed by atoms with Crippen molar-refractivity contribution in [3.05, 3.63) is 71.7 Å². The van der Waals surface area contributed by atoms with Gasteiger partial charge in [-0.3, -0.25) is 9.78 Å². The minimum Gasteiger partial charge on any atom is -0.361 e. The molecule has 0 aliphatic carbocycles. The number of amides is 1. The maximum Gasteiger partial charge on any atom is 0.257 e. The minimum atomic E-state index is -0.693. The van der Waals surface area contributed by atoms with Crippen molar-refractivity contribution in [2.45, 2.75) is 19.4 Å². The van der Waals surface area contributed by atoms with Crippen LogP contribution >= 0.6 is 0 Å². The predicted octanol–water partition coefficient (Wildman–Crippen LogP) is 2.44. The lowest BCUT2D eigenvalue weighted by Crippen LogP contribution is -2.39. The topological polar surface area (TPSA) is 109 Å². The Morgan fingerprint density at radius 1 is 1.29 bits per heavy atom. The van der Waals surface area contributed by atoms with Gasteiger partial charge in [0.1, 0.15) is 0 Å². The molecule has 4 N–H and O–H groups in total. The van der Waals surface area contributed by atoms with Crippen LogP contribution in [0.3, 0.4) is 0 Å². The molecule has 2 aromatic carbocycles. The number of H-pyrrole nitrogens is 1. The molecule has 1 atom stereocenters. The van der Waals surface area contributed by atoms with Gasteiger partial charge < -0.3 is 10.7 Å². The second kappa shape index (κ2) is 7.58. The van der Waals surface area contributed by atoms with E-state index in [0.29, 0.717) is 6.42 Å². The number of nitrogens with one attached hydrogen (secondary N) is 2. The van der Waals surface area contributed by atoms with Gasteiger partial charge in [-0.1, -0.05) is 24.3 Å². The average Bonchev–Trinajstić information content (AvgIpc) is 3.10. The molecule has 2 aromatic heterocycles. The molecule has 4 rings (SSSR count). The summed E-state index contributed by atoms with van der Waals surface area (Å²) in [6, 6.07) is 12.8. The molecule has 2 heterocycles. The number of carbonyl (C=O) groups is 1. The van der Waals surface area contributed by atoms with Crippen molar-refractivity contribution >= 4 is 34.1 Å². The first-order chi connectivity index (χ1) is 13.6. The molecular weight excluding hydrogens is 352 g/mol. The van der Waals surface area contributed by atoms with E-state index in [1.54, 1.807) is 12.4 Å². The van der Waals surface area contributed by atoms with Crippen LogP contribution < -0.4 is 11.2 Å². The lowest BCUT2D eigenvalue weighted by Gasteiger charge is -2.09. The number of hydrogen-bond donors (Lipinski definition) is 3. The van der Waals surface area contributed by atoms with Crippen LogP contribution in [0.25, 0.3) is 21.9 Å². The number of nitrogens with zero attached hydrogens (tertiary/aromatic N) is 3. The standard InChI is InChI=1S/C21H20N6O/c1-13-10-23-19-7-6-14(8-20(19)26-13)11-25-27-21(28)17(22)9-15-12-24-18-5-3-2-4-16(15)18/h2-8,10-12,17,24H,9,22H2,1H3,(H,27,28)/b25-11+/t17-/m1/s1. The Bertz CT molecular complexity index is 1180. The highest BCUT2D eigenvalue weighted by molar-refractivity contribution is 5.89. The summed E-state index contributed by atoms with van der Waals surface area (Å²) in [7, 11) is 0. The van der Waals surface area contributed by atoms with E-state index < -0.39 is 6.04 Å². The normalized spacial score (nSPS) is 12.6. The van der Waals surface area contributed by atoms with Gasteiger partial charge >= 0.3 is 0 Å². The predicted molar refractivity (Wildman–Crippen MR) is 110 cm³/mol. The molecule has 0 spiro atoms. The van der Waals surface area contributed by atoms with Gasteiger partial charge in [0.25, 0.3) is 5.91 Å². The highest BCUT2D eigenvalue weighted by atomic mass is 16.2. The molecule has 7 heteroatoms. The maximum absolute atomic E-state index is 12.3. The Hall–Kier alpha value is -3.58. The van der Waals surface area contributed by atoms with Gasteiger partial charge in [0.05, 0.1) is 29.0 Å². The van der Waals surface area contributed by atoms with E-state index >= 15 is 0 Å². The van der Waals surface area contributed by atoms with Crippen LogP contribution in [0.5, 0.6) is 0 Å². The lowest BCUT2D eigenvalue weighted by molar-refractivity contribution is -0.122. The van der Waals surface area contributed by atoms with E-state index in [1.807, 2.05) is 55.6 Å². The van der Waals surface area contributed by atoms with Crippen LogP contribution in [-0.2, 0) is 11.2 Å². The number of para-hydroxylation sites is 1. The highest BCUT2D eigenvalue weighted by Gasteiger charge is 2.15. The molecule has 0 unspecified atom stereocenters. The SMILES string of the molecule is Cc1cnc2ccc(/C=N/NC(=O)[C@H](N)Cc3c[nH]c4ccccc34)cc2n1. The first-order valence-corrected chi connectivity index (χ1v) is 8.97. The molecule has 140 valence electrons. The largest absolute Gasteiger partial charge is 0.361 e. The molecule has 0 radical (unpaired) electrons. The minimum absolute atomic E-state index is 0.335. The quantitative estimate of drug-likeness (QED) is 0.369. The number of fused-ring (bicyclic) bond motifs is 2. The zero-order valence-electron chi connectivity index (χ0n) is 15.4. The number of aryl methyl sites for hydroxylation is 1. The number of benzene rings is 2. The summed E-state index contributed by atoms with van der Waals surface area (Å²) in [6.07, 6.45) is 5.61. The number of aromatic nitrogens is 3. The first-order valence-electron chi connectivity index (χ1n) is 8.97. The van der Waals surface area contributed by atoms with Crippen molar-refractivity contribution in [2.24, 2.45) is 10.8 Å². The Kier molecular flexibility index (Phi) is 4.82. The fourth-order valence-electron chi connectivity index (χ4n) is 3.08. The van der Waals surface area contributed by atoms with Gasteiger partial charge in [0.2, 0.25) is 0 Å². The van der Waals surface area contributed by atoms with Gasteiger partial charge in [0.15, 0.2) is 0 Å². The number of aromatic amines is 1. The summed E-state index contributed by atoms with van der Waals surface area (Å²) in [5, 5.41) is 5.09. The van der Waals surface area contributed by atoms with Crippen LogP contribution in [0.15, 0.2) is 60.0 Å². The molecule has 0 saturated heterocycles. The van der Waals surface area contributed by atoms with E-state index in [1.165, 1.54) is 0 Å². The lowest BCUT2D eigenvalue weighted by atomic mass is 10.1. The Labute approximate surface area is 161 Å². The maximum atomic E-state index is 12.3. The van der Waals surface area contributed by atoms with Crippen LogP contribution in [0, 0.1) is 6.92 Å². The van der Waals surface area contributed by atoms with Crippen LogP contribution in [0.1, 0.15) is 16.8 Å². The van der Waals surface area contributed by atoms with Gasteiger partial charge in [-0.25, -0.2) is 10.4 Å². The van der Waals surface area contributed by atoms with Crippen molar-refractivity contribution < 1.29 is 4.79 Å². The molecule has 0 aliphatic rings. The van der Waals surface area contributed by atoms with Gasteiger partial charge in [-0.15, -0.1) is 0 Å². The first kappa shape index (κ1) is 17.8. The fraction of sp³-hybridized carbons (Fsp3) is 0.143. The summed E-state index contributed by atoms with van der Waals surface area (Å²) in [6.45, 7) is 1.89. The van der Waals surface area contributed by atoms with Crippen molar-refractivity contribution in [1.82, 2.24) is 20.4 Å². The molecule has 28 heavy (non-hydrogen) atoms. The fourth-order valence-corrected chi connectivity index (χ4v) is 3.08. The number of hydrazone groups is 1. The summed E-state index contributed by atoms with van der Waals surface area (Å²) in [5.74, 6) is -0.335. The highest BCUT2D eigenvalue weighted by Crippen LogP contribution is 2.18. The molecule has 0 fully saturated rings. The molecule has 0 bridgehead atoms. The second-order valence-electron chi connectivity index (χ2n) is 6.66. The zero-order chi connectivity index (χ0) is 19.5. The zero-order valence-corrected chi connectivity index (χ0v) is 15.4. The summed E-state index contributed by atoms with van der Waals surface area (Å²) in [4.78, 5) is 24.2. The summed E-state index contributed by atoms with van der Waals surface area (Å²) >= 11 is 0. The molecule has 0 saturated carbocycles. The molecule has 4 aromatic rings. The number of hydrogen-bond acceptors (Lipinski definition) is 5.